The van der Waals surface area contributed by atoms with Crippen LogP contribution in [0.25, 0.3) is 10.9 Å². The maximum absolute atomic E-state index is 13.1. The predicted molar refractivity (Wildman–Crippen MR) is 127 cm³/mol. The van der Waals surface area contributed by atoms with Gasteiger partial charge in [-0.25, -0.2) is 8.42 Å². The van der Waals surface area contributed by atoms with Crippen LogP contribution in [0.15, 0.2) is 48.7 Å². The second-order valence-corrected chi connectivity index (χ2v) is 9.92. The zero-order valence-electron chi connectivity index (χ0n) is 18.5. The summed E-state index contributed by atoms with van der Waals surface area (Å²) in [7, 11) is -3.46. The highest BCUT2D eigenvalue weighted by Crippen LogP contribution is 2.23. The molecular weight excluding hydrogens is 428 g/mol. The van der Waals surface area contributed by atoms with Gasteiger partial charge in [-0.15, -0.1) is 0 Å². The van der Waals surface area contributed by atoms with Crippen molar-refractivity contribution in [2.24, 2.45) is 5.92 Å². The number of fused-ring (bicyclic) bond motifs is 1. The summed E-state index contributed by atoms with van der Waals surface area (Å²) in [6.45, 7) is 5.29. The minimum Gasteiger partial charge on any atom is -0.361 e. The average Bonchev–Trinajstić information content (AvgIpc) is 3.11. The van der Waals surface area contributed by atoms with Crippen LogP contribution in [-0.2, 0) is 26.0 Å². The van der Waals surface area contributed by atoms with Crippen molar-refractivity contribution in [3.05, 3.63) is 59.8 Å². The number of hydrogen-bond acceptors (Lipinski definition) is 4. The fraction of sp³-hybridized carbons (Fsp3) is 0.304. The van der Waals surface area contributed by atoms with E-state index in [1.165, 1.54) is 0 Å². The molecule has 0 saturated carbocycles. The molecule has 2 aromatic carbocycles. The summed E-state index contributed by atoms with van der Waals surface area (Å²) in [5, 5.41) is 6.61. The van der Waals surface area contributed by atoms with Crippen molar-refractivity contribution in [1.82, 2.24) is 10.3 Å². The number of H-pyrrole nitrogens is 1. The molecule has 3 rings (SSSR count). The number of aromatic nitrogens is 1. The molecule has 0 aliphatic carbocycles. The fourth-order valence-electron chi connectivity index (χ4n) is 3.31. The summed E-state index contributed by atoms with van der Waals surface area (Å²) < 4.78 is 25.7. The van der Waals surface area contributed by atoms with Gasteiger partial charge < -0.3 is 15.6 Å². The Morgan fingerprint density at radius 3 is 2.47 bits per heavy atom. The van der Waals surface area contributed by atoms with E-state index in [4.69, 9.17) is 0 Å². The number of anilines is 2. The highest BCUT2D eigenvalue weighted by atomic mass is 32.2. The Labute approximate surface area is 187 Å². The van der Waals surface area contributed by atoms with Crippen LogP contribution < -0.4 is 15.4 Å². The van der Waals surface area contributed by atoms with Gasteiger partial charge in [0, 0.05) is 35.1 Å². The number of aryl methyl sites for hydroxylation is 1. The minimum absolute atomic E-state index is 0.228. The largest absolute Gasteiger partial charge is 0.361 e. The lowest BCUT2D eigenvalue weighted by Crippen LogP contribution is -2.46. The number of hydrogen-bond donors (Lipinski definition) is 4. The number of benzene rings is 2. The monoisotopic (exact) mass is 456 g/mol. The summed E-state index contributed by atoms with van der Waals surface area (Å²) >= 11 is 0. The number of amides is 2. The lowest BCUT2D eigenvalue weighted by atomic mass is 10.0. The third-order valence-electron chi connectivity index (χ3n) is 5.06. The highest BCUT2D eigenvalue weighted by Gasteiger charge is 2.24. The lowest BCUT2D eigenvalue weighted by molar-refractivity contribution is -0.128. The van der Waals surface area contributed by atoms with Crippen molar-refractivity contribution in [3.8, 4) is 0 Å². The molecule has 170 valence electrons. The van der Waals surface area contributed by atoms with Crippen LogP contribution in [0, 0.1) is 12.8 Å². The van der Waals surface area contributed by atoms with E-state index in [-0.39, 0.29) is 11.8 Å². The van der Waals surface area contributed by atoms with E-state index in [9.17, 15) is 18.0 Å². The number of nitrogens with one attached hydrogen (secondary N) is 4. The van der Waals surface area contributed by atoms with Gasteiger partial charge in [0.15, 0.2) is 0 Å². The second kappa shape index (κ2) is 9.44. The van der Waals surface area contributed by atoms with Crippen LogP contribution in [-0.4, -0.2) is 37.5 Å². The van der Waals surface area contributed by atoms with Crippen LogP contribution >= 0.6 is 0 Å². The van der Waals surface area contributed by atoms with Gasteiger partial charge in [0.05, 0.1) is 11.9 Å². The smallest absolute Gasteiger partial charge is 0.247 e. The summed E-state index contributed by atoms with van der Waals surface area (Å²) in [5.41, 5.74) is 3.39. The third kappa shape index (κ3) is 5.88. The fourth-order valence-corrected chi connectivity index (χ4v) is 3.93. The van der Waals surface area contributed by atoms with Gasteiger partial charge in [0.2, 0.25) is 21.8 Å². The second-order valence-electron chi connectivity index (χ2n) is 8.17. The molecule has 3 aromatic rings. The van der Waals surface area contributed by atoms with Crippen LogP contribution in [0.3, 0.4) is 0 Å². The number of rotatable bonds is 8. The molecule has 0 saturated heterocycles. The van der Waals surface area contributed by atoms with E-state index in [1.807, 2.05) is 30.5 Å². The Balaban J connectivity index is 1.85. The lowest BCUT2D eigenvalue weighted by Gasteiger charge is -2.20. The van der Waals surface area contributed by atoms with Crippen LogP contribution in [0.2, 0.25) is 0 Å². The third-order valence-corrected chi connectivity index (χ3v) is 5.65. The number of carbonyl (C=O) groups is 2. The zero-order valence-corrected chi connectivity index (χ0v) is 19.3. The number of carbonyl (C=O) groups excluding carboxylic acids is 2. The van der Waals surface area contributed by atoms with Crippen molar-refractivity contribution >= 4 is 44.1 Å². The SMILES string of the molecule is Cc1ccc(NC(=O)C(Cc2c[nH]c3ccccc23)NC(=O)C(C)C)cc1NS(C)(=O)=O. The van der Waals surface area contributed by atoms with Gasteiger partial charge in [-0.2, -0.15) is 0 Å². The van der Waals surface area contributed by atoms with Gasteiger partial charge in [0.25, 0.3) is 0 Å². The molecule has 4 N–H and O–H groups in total. The van der Waals surface area contributed by atoms with Crippen LogP contribution in [0.5, 0.6) is 0 Å². The predicted octanol–water partition coefficient (Wildman–Crippen LogP) is 3.17. The molecule has 32 heavy (non-hydrogen) atoms. The Kier molecular flexibility index (Phi) is 6.88. The topological polar surface area (TPSA) is 120 Å². The maximum Gasteiger partial charge on any atom is 0.247 e. The van der Waals surface area contributed by atoms with Gasteiger partial charge >= 0.3 is 0 Å². The molecule has 9 heteroatoms. The van der Waals surface area contributed by atoms with E-state index in [0.29, 0.717) is 17.8 Å². The van der Waals surface area contributed by atoms with E-state index < -0.39 is 22.0 Å². The molecule has 1 atom stereocenters. The van der Waals surface area contributed by atoms with Crippen molar-refractivity contribution in [1.29, 1.82) is 0 Å². The molecule has 8 nitrogen and oxygen atoms in total. The Morgan fingerprint density at radius 2 is 1.78 bits per heavy atom. The van der Waals surface area contributed by atoms with Gasteiger partial charge in [-0.1, -0.05) is 38.1 Å². The van der Waals surface area contributed by atoms with E-state index >= 15 is 0 Å². The highest BCUT2D eigenvalue weighted by molar-refractivity contribution is 7.92. The molecule has 0 aliphatic heterocycles. The molecule has 1 unspecified atom stereocenters. The summed E-state index contributed by atoms with van der Waals surface area (Å²) in [5.74, 6) is -0.898. The van der Waals surface area contributed by atoms with Crippen molar-refractivity contribution in [2.45, 2.75) is 33.2 Å². The molecule has 2 amide bonds. The van der Waals surface area contributed by atoms with Gasteiger partial charge in [0.1, 0.15) is 6.04 Å². The Hall–Kier alpha value is -3.33. The summed E-state index contributed by atoms with van der Waals surface area (Å²) in [4.78, 5) is 28.7. The number of para-hydroxylation sites is 1. The quantitative estimate of drug-likeness (QED) is 0.416. The first-order valence-corrected chi connectivity index (χ1v) is 12.2. The summed E-state index contributed by atoms with van der Waals surface area (Å²) in [6.07, 6.45) is 3.21. The molecule has 0 spiro atoms. The summed E-state index contributed by atoms with van der Waals surface area (Å²) in [6, 6.07) is 11.9. The van der Waals surface area contributed by atoms with Crippen LogP contribution in [0.1, 0.15) is 25.0 Å². The standard InChI is InChI=1S/C23H28N4O4S/c1-14(2)22(28)26-21(11-16-13-24-19-8-6-5-7-18(16)19)23(29)25-17-10-9-15(3)20(12-17)27-32(4,30)31/h5-10,12-14,21,24,27H,11H2,1-4H3,(H,25,29)(H,26,28). The normalized spacial score (nSPS) is 12.5. The average molecular weight is 457 g/mol. The van der Waals surface area contributed by atoms with Crippen LogP contribution in [0.4, 0.5) is 11.4 Å². The molecule has 1 aromatic heterocycles. The van der Waals surface area contributed by atoms with E-state index in [0.717, 1.165) is 28.3 Å². The molecule has 1 heterocycles. The first-order chi connectivity index (χ1) is 15.0. The van der Waals surface area contributed by atoms with Crippen molar-refractivity contribution in [3.63, 3.8) is 0 Å². The molecule has 0 radical (unpaired) electrons. The first-order valence-electron chi connectivity index (χ1n) is 10.3. The van der Waals surface area contributed by atoms with E-state index in [1.54, 1.807) is 39.0 Å². The van der Waals surface area contributed by atoms with Crippen molar-refractivity contribution in [2.75, 3.05) is 16.3 Å². The molecule has 0 bridgehead atoms. The molecule has 0 aliphatic rings. The van der Waals surface area contributed by atoms with Gasteiger partial charge in [-0.3, -0.25) is 14.3 Å². The van der Waals surface area contributed by atoms with Gasteiger partial charge in [-0.05, 0) is 36.2 Å². The number of aromatic amines is 1. The van der Waals surface area contributed by atoms with Crippen molar-refractivity contribution < 1.29 is 18.0 Å². The van der Waals surface area contributed by atoms with E-state index in [2.05, 4.69) is 20.3 Å². The first kappa shape index (κ1) is 23.3. The maximum atomic E-state index is 13.1. The Morgan fingerprint density at radius 1 is 1.06 bits per heavy atom. The Bertz CT molecular complexity index is 1250. The number of sulfonamides is 1. The minimum atomic E-state index is -3.46. The molecule has 0 fully saturated rings. The molecular formula is C23H28N4O4S. The zero-order chi connectivity index (χ0) is 23.5.